The summed E-state index contributed by atoms with van der Waals surface area (Å²) in [6, 6.07) is 0. The Balaban J connectivity index is -0.0000000211. The maximum absolute atomic E-state index is 8.17. The van der Waals surface area contributed by atoms with Crippen LogP contribution in [0.15, 0.2) is 9.39 Å². The number of aliphatic hydroxyl groups is 3. The molecule has 0 aromatic heterocycles. The average Bonchev–Trinajstić information content (AvgIpc) is 2.45. The molecule has 128 valence electrons. The fourth-order valence-electron chi connectivity index (χ4n) is 0.255. The molecule has 0 atom stereocenters. The van der Waals surface area contributed by atoms with Gasteiger partial charge in [-0.2, -0.15) is 0 Å². The van der Waals surface area contributed by atoms with E-state index in [0.29, 0.717) is 19.6 Å². The number of isothiocyanates is 1. The van der Waals surface area contributed by atoms with Crippen LogP contribution in [0.25, 0.3) is 0 Å². The maximum atomic E-state index is 8.17. The molecule has 0 bridgehead atoms. The Bertz CT molecular complexity index is 234. The summed E-state index contributed by atoms with van der Waals surface area (Å²) in [6.45, 7) is 5.41. The Morgan fingerprint density at radius 1 is 1.26 bits per heavy atom. The summed E-state index contributed by atoms with van der Waals surface area (Å²) in [5.74, 6) is 0. The molecule has 6 nitrogen and oxygen atoms in total. The number of aliphatic hydroxyl groups excluding tert-OH is 3. The summed E-state index contributed by atoms with van der Waals surface area (Å²) in [5.41, 5.74) is 0. The summed E-state index contributed by atoms with van der Waals surface area (Å²) < 4.78 is 2.69. The molecule has 0 amide bonds. The summed E-state index contributed by atoms with van der Waals surface area (Å²) in [6.07, 6.45) is 1.55. The van der Waals surface area contributed by atoms with Crippen molar-refractivity contribution in [2.45, 2.75) is 20.3 Å². The minimum Gasteiger partial charge on any atom is -0.696 e. The van der Waals surface area contributed by atoms with Crippen LogP contribution in [0.2, 0.25) is 0 Å². The zero-order chi connectivity index (χ0) is 17.1. The van der Waals surface area contributed by atoms with Crippen molar-refractivity contribution in [1.29, 1.82) is 5.26 Å². The van der Waals surface area contributed by atoms with Gasteiger partial charge in [0.05, 0.1) is 11.7 Å². The van der Waals surface area contributed by atoms with Gasteiger partial charge >= 0.3 is 103 Å². The van der Waals surface area contributed by atoms with E-state index in [9.17, 15) is 0 Å². The van der Waals surface area contributed by atoms with Gasteiger partial charge in [-0.25, -0.2) is 10.3 Å². The van der Waals surface area contributed by atoms with Gasteiger partial charge in [0, 0.05) is 25.7 Å². The molecule has 3 N–H and O–H groups in total. The predicted octanol–water partition coefficient (Wildman–Crippen LogP) is -4.09. The number of hydrogen-bond acceptors (Lipinski definition) is 9. The molecule has 0 heterocycles. The van der Waals surface area contributed by atoms with E-state index in [1.165, 1.54) is 5.40 Å². The summed E-state index contributed by atoms with van der Waals surface area (Å²) in [7, 11) is 1.00. The smallest absolute Gasteiger partial charge is 0.696 e. The number of nitriles is 1. The number of rotatable bonds is 5. The molecular formula is C11H24BrK2N3O3S3. The Labute approximate surface area is 251 Å². The molecule has 0 aromatic rings. The largest absolute Gasteiger partial charge is 1.00 e. The third-order valence-corrected chi connectivity index (χ3v) is 1.47. The van der Waals surface area contributed by atoms with Crippen LogP contribution in [0.4, 0.5) is 0 Å². The molecule has 0 rings (SSSR count). The number of hydrogen-bond donors (Lipinski definition) is 4. The first kappa shape index (κ1) is 50.2. The molecule has 0 fully saturated rings. The summed E-state index contributed by atoms with van der Waals surface area (Å²) >= 11 is 14.3. The zero-order valence-corrected chi connectivity index (χ0v) is 23.5. The van der Waals surface area contributed by atoms with Crippen LogP contribution >= 0.6 is 41.0 Å². The van der Waals surface area contributed by atoms with Gasteiger partial charge in [-0.3, -0.25) is 0 Å². The van der Waals surface area contributed by atoms with E-state index in [1.54, 1.807) is 0 Å². The quantitative estimate of drug-likeness (QED) is 0.0352. The van der Waals surface area contributed by atoms with Crippen molar-refractivity contribution in [2.75, 3.05) is 32.2 Å². The first-order valence-electron chi connectivity index (χ1n) is 4.98. The van der Waals surface area contributed by atoms with E-state index < -0.39 is 0 Å². The van der Waals surface area contributed by atoms with Gasteiger partial charge in [0.2, 0.25) is 0 Å². The maximum Gasteiger partial charge on any atom is 1.00 e. The van der Waals surface area contributed by atoms with E-state index in [1.807, 2.05) is 0 Å². The number of thiocarbonyl (C=S) groups is 1. The van der Waals surface area contributed by atoms with Crippen LogP contribution in [0.5, 0.6) is 0 Å². The minimum atomic E-state index is 0. The molecule has 0 radical (unpaired) electrons. The van der Waals surface area contributed by atoms with Gasteiger partial charge in [0.1, 0.15) is 0 Å². The number of thiocyanates is 1. The Morgan fingerprint density at radius 3 is 1.70 bits per heavy atom. The van der Waals surface area contributed by atoms with Gasteiger partial charge in [0.25, 0.3) is 0 Å². The molecular weight excluding hydrogens is 476 g/mol. The van der Waals surface area contributed by atoms with Gasteiger partial charge in [-0.15, -0.1) is 0 Å². The first-order valence-corrected chi connectivity index (χ1v) is 7.31. The molecule has 0 aliphatic rings. The summed E-state index contributed by atoms with van der Waals surface area (Å²) in [5, 5.41) is 34.8. The van der Waals surface area contributed by atoms with Crippen LogP contribution in [-0.4, -0.2) is 59.4 Å². The second-order valence-electron chi connectivity index (χ2n) is 2.02. The third-order valence-electron chi connectivity index (χ3n) is 0.784. The molecule has 0 aromatic carbocycles. The zero-order valence-electron chi connectivity index (χ0n) is 13.1. The van der Waals surface area contributed by atoms with E-state index in [2.05, 4.69) is 74.9 Å². The fourth-order valence-corrected chi connectivity index (χ4v) is 0.597. The second kappa shape index (κ2) is 84.8. The Hall–Kier alpha value is 3.16. The molecule has 0 saturated carbocycles. The molecule has 0 aliphatic carbocycles. The Kier molecular flexibility index (Phi) is 185. The number of aliphatic imine (C=N–C) groups is 1. The monoisotopic (exact) mass is 499 g/mol. The van der Waals surface area contributed by atoms with Gasteiger partial charge in [-0.1, -0.05) is 41.6 Å². The van der Waals surface area contributed by atoms with Crippen LogP contribution < -0.4 is 103 Å². The molecule has 12 heteroatoms. The number of alkyl halides is 1. The van der Waals surface area contributed by atoms with Crippen molar-refractivity contribution >= 4 is 65.5 Å². The average molecular weight is 501 g/mol. The van der Waals surface area contributed by atoms with Crippen molar-refractivity contribution in [3.05, 3.63) is 0 Å². The van der Waals surface area contributed by atoms with Gasteiger partial charge in [0.15, 0.2) is 0 Å². The van der Waals surface area contributed by atoms with Crippen molar-refractivity contribution in [3.63, 3.8) is 0 Å². The van der Waals surface area contributed by atoms with E-state index >= 15 is 0 Å². The Morgan fingerprint density at radius 2 is 1.57 bits per heavy atom. The van der Waals surface area contributed by atoms with E-state index in [0.717, 1.165) is 18.9 Å². The summed E-state index contributed by atoms with van der Waals surface area (Å²) in [4.78, 5) is 3.57. The standard InChI is InChI=1S/C4H7NOS.C3H7BrO.CH2NS.CHNS.CH4O.CH4.2K/c6-3-1-2-5-4-7;4-2-1-3-5;1-2-3;2-1-3;1-2;;;/h6H,1-3H2;5H,1-3H2;1,3H;3H;2H,1H3;1H4;;/q;;-1;;;;2*+1/p-1. The second-order valence-corrected chi connectivity index (χ2v) is 3.41. The van der Waals surface area contributed by atoms with Crippen LogP contribution in [0, 0.1) is 10.7 Å². The molecule has 0 unspecified atom stereocenters. The SMILES string of the molecule is C.CO.N#C[S-].OCCCBr.OCCCN=C=S.[CH-]=NS.[K+].[K+]. The number of thiol groups is 1. The molecule has 0 aliphatic heterocycles. The third kappa shape index (κ3) is 161. The van der Waals surface area contributed by atoms with Crippen LogP contribution in [0.1, 0.15) is 20.3 Å². The molecule has 0 saturated heterocycles. The first-order chi connectivity index (χ1) is 9.66. The van der Waals surface area contributed by atoms with Gasteiger partial charge < -0.3 is 39.1 Å². The van der Waals surface area contributed by atoms with Crippen molar-refractivity contribution in [1.82, 2.24) is 0 Å². The molecule has 0 spiro atoms. The minimum absolute atomic E-state index is 0. The van der Waals surface area contributed by atoms with Crippen LogP contribution in [0.3, 0.4) is 0 Å². The molecule has 23 heavy (non-hydrogen) atoms. The van der Waals surface area contributed by atoms with E-state index in [-0.39, 0.29) is 117 Å². The fraction of sp³-hybridized carbons (Fsp3) is 0.727. The number of halogens is 1. The van der Waals surface area contributed by atoms with Crippen LogP contribution in [-0.2, 0) is 12.6 Å². The normalized spacial score (nSPS) is 5.26. The van der Waals surface area contributed by atoms with Crippen molar-refractivity contribution < 1.29 is 118 Å². The van der Waals surface area contributed by atoms with E-state index in [4.69, 9.17) is 20.6 Å². The van der Waals surface area contributed by atoms with Crippen molar-refractivity contribution in [2.24, 2.45) is 9.39 Å². The predicted molar refractivity (Wildman–Crippen MR) is 102 cm³/mol. The topological polar surface area (TPSA) is 109 Å². The van der Waals surface area contributed by atoms with Crippen molar-refractivity contribution in [3.8, 4) is 5.40 Å². The van der Waals surface area contributed by atoms with Gasteiger partial charge in [-0.05, 0) is 25.1 Å². The number of nitrogens with zero attached hydrogens (tertiary/aromatic N) is 3.